The van der Waals surface area contributed by atoms with Crippen LogP contribution in [-0.2, 0) is 0 Å². The lowest BCUT2D eigenvalue weighted by atomic mass is 10.1. The average Bonchev–Trinajstić information content (AvgIpc) is 2.66. The van der Waals surface area contributed by atoms with Gasteiger partial charge in [-0.05, 0) is 19.1 Å². The molecular formula is C11H10INO2. The van der Waals surface area contributed by atoms with Crippen molar-refractivity contribution in [3.63, 3.8) is 0 Å². The summed E-state index contributed by atoms with van der Waals surface area (Å²) in [5, 5.41) is 0. The SMILES string of the molecule is CCOc1ccccc1-c1coc(I)n1. The third kappa shape index (κ3) is 2.31. The van der Waals surface area contributed by atoms with Crippen molar-refractivity contribution < 1.29 is 9.15 Å². The molecule has 0 amide bonds. The van der Waals surface area contributed by atoms with Crippen LogP contribution in [0.15, 0.2) is 34.9 Å². The first kappa shape index (κ1) is 10.5. The van der Waals surface area contributed by atoms with Gasteiger partial charge in [0.2, 0.25) is 0 Å². The highest BCUT2D eigenvalue weighted by Crippen LogP contribution is 2.29. The van der Waals surface area contributed by atoms with Gasteiger partial charge in [0.25, 0.3) is 3.90 Å². The Morgan fingerprint density at radius 1 is 1.40 bits per heavy atom. The van der Waals surface area contributed by atoms with Crippen molar-refractivity contribution in [1.29, 1.82) is 0 Å². The predicted octanol–water partition coefficient (Wildman–Crippen LogP) is 3.34. The molecule has 0 N–H and O–H groups in total. The fraction of sp³-hybridized carbons (Fsp3) is 0.182. The van der Waals surface area contributed by atoms with Gasteiger partial charge in [0.05, 0.1) is 6.61 Å². The van der Waals surface area contributed by atoms with Crippen molar-refractivity contribution in [2.45, 2.75) is 6.92 Å². The van der Waals surface area contributed by atoms with Gasteiger partial charge in [-0.2, -0.15) is 0 Å². The standard InChI is InChI=1S/C11H10INO2/c1-2-14-10-6-4-3-5-8(10)9-7-15-11(12)13-9/h3-7H,2H2,1H3. The molecular weight excluding hydrogens is 305 g/mol. The quantitative estimate of drug-likeness (QED) is 0.815. The Hall–Kier alpha value is -1.04. The highest BCUT2D eigenvalue weighted by molar-refractivity contribution is 14.1. The van der Waals surface area contributed by atoms with E-state index in [0.717, 1.165) is 17.0 Å². The van der Waals surface area contributed by atoms with E-state index < -0.39 is 0 Å². The molecule has 0 aliphatic rings. The Morgan fingerprint density at radius 3 is 2.87 bits per heavy atom. The monoisotopic (exact) mass is 315 g/mol. The highest BCUT2D eigenvalue weighted by Gasteiger charge is 2.09. The molecule has 15 heavy (non-hydrogen) atoms. The van der Waals surface area contributed by atoms with Gasteiger partial charge in [0, 0.05) is 28.2 Å². The minimum absolute atomic E-state index is 0.633. The number of hydrogen-bond acceptors (Lipinski definition) is 3. The van der Waals surface area contributed by atoms with Crippen molar-refractivity contribution in [2.24, 2.45) is 0 Å². The van der Waals surface area contributed by atoms with E-state index in [1.54, 1.807) is 6.26 Å². The van der Waals surface area contributed by atoms with E-state index in [1.807, 2.05) is 53.8 Å². The van der Waals surface area contributed by atoms with Crippen molar-refractivity contribution in [3.8, 4) is 17.0 Å². The molecule has 0 radical (unpaired) electrons. The molecule has 0 fully saturated rings. The predicted molar refractivity (Wildman–Crippen MR) is 65.8 cm³/mol. The smallest absolute Gasteiger partial charge is 0.257 e. The van der Waals surface area contributed by atoms with Gasteiger partial charge in [-0.25, -0.2) is 4.98 Å². The van der Waals surface area contributed by atoms with Crippen LogP contribution < -0.4 is 4.74 Å². The fourth-order valence-corrected chi connectivity index (χ4v) is 1.72. The summed E-state index contributed by atoms with van der Waals surface area (Å²) in [4.78, 5) is 4.26. The van der Waals surface area contributed by atoms with E-state index in [9.17, 15) is 0 Å². The number of ether oxygens (including phenoxy) is 1. The molecule has 0 atom stereocenters. The molecule has 3 nitrogen and oxygen atoms in total. The summed E-state index contributed by atoms with van der Waals surface area (Å²) in [7, 11) is 0. The molecule has 0 unspecified atom stereocenters. The van der Waals surface area contributed by atoms with Crippen molar-refractivity contribution >= 4 is 22.6 Å². The molecule has 0 saturated heterocycles. The van der Waals surface area contributed by atoms with E-state index >= 15 is 0 Å². The molecule has 0 bridgehead atoms. The Kier molecular flexibility index (Phi) is 3.25. The molecule has 0 saturated carbocycles. The zero-order valence-electron chi connectivity index (χ0n) is 8.24. The van der Waals surface area contributed by atoms with Gasteiger partial charge in [-0.15, -0.1) is 0 Å². The lowest BCUT2D eigenvalue weighted by Crippen LogP contribution is -1.93. The van der Waals surface area contributed by atoms with Gasteiger partial charge in [-0.3, -0.25) is 0 Å². The van der Waals surface area contributed by atoms with Gasteiger partial charge in [0.1, 0.15) is 17.7 Å². The maximum atomic E-state index is 5.52. The van der Waals surface area contributed by atoms with Gasteiger partial charge < -0.3 is 9.15 Å². The molecule has 1 aromatic carbocycles. The zero-order chi connectivity index (χ0) is 10.7. The van der Waals surface area contributed by atoms with E-state index in [2.05, 4.69) is 4.98 Å². The number of rotatable bonds is 3. The van der Waals surface area contributed by atoms with Gasteiger partial charge >= 0.3 is 0 Å². The Morgan fingerprint density at radius 2 is 2.20 bits per heavy atom. The van der Waals surface area contributed by atoms with E-state index in [1.165, 1.54) is 0 Å². The zero-order valence-corrected chi connectivity index (χ0v) is 10.4. The third-order valence-electron chi connectivity index (χ3n) is 1.94. The molecule has 1 heterocycles. The number of oxazole rings is 1. The van der Waals surface area contributed by atoms with Crippen molar-refractivity contribution in [2.75, 3.05) is 6.61 Å². The summed E-state index contributed by atoms with van der Waals surface area (Å²) >= 11 is 2.04. The molecule has 2 rings (SSSR count). The summed E-state index contributed by atoms with van der Waals surface area (Å²) in [5.74, 6) is 0.838. The molecule has 78 valence electrons. The van der Waals surface area contributed by atoms with Crippen LogP contribution in [0.1, 0.15) is 6.92 Å². The number of para-hydroxylation sites is 1. The molecule has 1 aromatic heterocycles. The normalized spacial score (nSPS) is 10.3. The Labute approximate surface area is 102 Å². The number of benzene rings is 1. The maximum absolute atomic E-state index is 5.52. The highest BCUT2D eigenvalue weighted by atomic mass is 127. The van der Waals surface area contributed by atoms with Gasteiger partial charge in [0.15, 0.2) is 0 Å². The number of halogens is 1. The van der Waals surface area contributed by atoms with Crippen molar-refractivity contribution in [3.05, 3.63) is 34.4 Å². The number of nitrogens with zero attached hydrogens (tertiary/aromatic N) is 1. The largest absolute Gasteiger partial charge is 0.493 e. The number of aromatic nitrogens is 1. The summed E-state index contributed by atoms with van der Waals surface area (Å²) in [5.41, 5.74) is 1.77. The maximum Gasteiger partial charge on any atom is 0.257 e. The van der Waals surface area contributed by atoms with Crippen LogP contribution in [0.4, 0.5) is 0 Å². The van der Waals surface area contributed by atoms with E-state index in [0.29, 0.717) is 10.5 Å². The summed E-state index contributed by atoms with van der Waals surface area (Å²) < 4.78 is 11.3. The first-order valence-electron chi connectivity index (χ1n) is 4.64. The lowest BCUT2D eigenvalue weighted by molar-refractivity contribution is 0.341. The van der Waals surface area contributed by atoms with Crippen molar-refractivity contribution in [1.82, 2.24) is 4.98 Å². The van der Waals surface area contributed by atoms with E-state index in [4.69, 9.17) is 9.15 Å². The van der Waals surface area contributed by atoms with Crippen LogP contribution in [0.5, 0.6) is 5.75 Å². The molecule has 0 spiro atoms. The van der Waals surface area contributed by atoms with Crippen LogP contribution >= 0.6 is 22.6 Å². The number of hydrogen-bond donors (Lipinski definition) is 0. The minimum Gasteiger partial charge on any atom is -0.493 e. The molecule has 4 heteroatoms. The fourth-order valence-electron chi connectivity index (χ4n) is 1.34. The van der Waals surface area contributed by atoms with Crippen LogP contribution in [0.2, 0.25) is 0 Å². The molecule has 0 aliphatic heterocycles. The topological polar surface area (TPSA) is 35.3 Å². The third-order valence-corrected chi connectivity index (χ3v) is 2.43. The first-order valence-corrected chi connectivity index (χ1v) is 5.72. The summed E-state index contributed by atoms with van der Waals surface area (Å²) in [6.45, 7) is 2.61. The summed E-state index contributed by atoms with van der Waals surface area (Å²) in [6.07, 6.45) is 1.64. The Balaban J connectivity index is 2.42. The van der Waals surface area contributed by atoms with E-state index in [-0.39, 0.29) is 0 Å². The van der Waals surface area contributed by atoms with Crippen LogP contribution in [0, 0.1) is 3.90 Å². The second kappa shape index (κ2) is 4.65. The second-order valence-electron chi connectivity index (χ2n) is 2.91. The average molecular weight is 315 g/mol. The van der Waals surface area contributed by atoms with Crippen LogP contribution in [0.25, 0.3) is 11.3 Å². The summed E-state index contributed by atoms with van der Waals surface area (Å²) in [6, 6.07) is 7.80. The lowest BCUT2D eigenvalue weighted by Gasteiger charge is -2.06. The Bertz CT molecular complexity index is 453. The molecule has 2 aromatic rings. The van der Waals surface area contributed by atoms with Crippen LogP contribution in [0.3, 0.4) is 0 Å². The molecule has 0 aliphatic carbocycles. The van der Waals surface area contributed by atoms with Gasteiger partial charge in [-0.1, -0.05) is 12.1 Å². The first-order chi connectivity index (χ1) is 7.31. The minimum atomic E-state index is 0.633. The second-order valence-corrected chi connectivity index (χ2v) is 3.84. The van der Waals surface area contributed by atoms with Crippen LogP contribution in [-0.4, -0.2) is 11.6 Å².